The first-order valence-corrected chi connectivity index (χ1v) is 13.7. The van der Waals surface area contributed by atoms with E-state index in [1.807, 2.05) is 12.1 Å². The average Bonchev–Trinajstić information content (AvgIpc) is 3.66. The van der Waals surface area contributed by atoms with Gasteiger partial charge in [-0.1, -0.05) is 18.7 Å². The average molecular weight is 530 g/mol. The molecule has 1 saturated heterocycles. The number of aryl methyl sites for hydroxylation is 1. The summed E-state index contributed by atoms with van der Waals surface area (Å²) >= 11 is 1.67. The lowest BCUT2D eigenvalue weighted by Gasteiger charge is -2.47. The third-order valence-corrected chi connectivity index (χ3v) is 8.54. The molecule has 2 fully saturated rings. The maximum absolute atomic E-state index is 13.8. The molecule has 1 saturated carbocycles. The van der Waals surface area contributed by atoms with Crippen LogP contribution in [0.5, 0.6) is 0 Å². The number of anilines is 1. The van der Waals surface area contributed by atoms with Crippen LogP contribution in [0.2, 0.25) is 0 Å². The van der Waals surface area contributed by atoms with Crippen LogP contribution in [0.15, 0.2) is 46.6 Å². The molecule has 0 bridgehead atoms. The van der Waals surface area contributed by atoms with Crippen molar-refractivity contribution >= 4 is 34.0 Å². The normalized spacial score (nSPS) is 21.0. The van der Waals surface area contributed by atoms with Crippen LogP contribution >= 0.6 is 11.3 Å². The SMILES string of the molecule is [C-]#[N+]c1ccc2c(n1)c(N1C[C@@H](C)N(C(c3ccc(F)cc3)c3nc(C4CC4)cs3)C[C@@H]1C)nc(=O)n2C. The van der Waals surface area contributed by atoms with E-state index in [1.54, 1.807) is 30.5 Å². The number of halogens is 1. The third kappa shape index (κ3) is 4.36. The van der Waals surface area contributed by atoms with Gasteiger partial charge >= 0.3 is 5.69 Å². The molecule has 1 aliphatic heterocycles. The first kappa shape index (κ1) is 24.6. The minimum absolute atomic E-state index is 0.00165. The zero-order chi connectivity index (χ0) is 26.6. The smallest absolute Gasteiger partial charge is 0.350 e. The van der Waals surface area contributed by atoms with Crippen molar-refractivity contribution in [1.29, 1.82) is 0 Å². The molecule has 1 unspecified atom stereocenters. The maximum atomic E-state index is 13.8. The van der Waals surface area contributed by atoms with Gasteiger partial charge in [-0.15, -0.1) is 16.3 Å². The fourth-order valence-corrected chi connectivity index (χ4v) is 6.43. The summed E-state index contributed by atoms with van der Waals surface area (Å²) < 4.78 is 15.3. The second kappa shape index (κ2) is 9.57. The van der Waals surface area contributed by atoms with Gasteiger partial charge in [0.05, 0.1) is 17.3 Å². The number of benzene rings is 1. The van der Waals surface area contributed by atoms with Crippen molar-refractivity contribution in [3.8, 4) is 0 Å². The summed E-state index contributed by atoms with van der Waals surface area (Å²) in [5.41, 5.74) is 3.02. The highest BCUT2D eigenvalue weighted by Crippen LogP contribution is 2.43. The van der Waals surface area contributed by atoms with E-state index in [0.29, 0.717) is 35.9 Å². The first-order chi connectivity index (χ1) is 18.3. The molecule has 1 aromatic carbocycles. The fourth-order valence-electron chi connectivity index (χ4n) is 5.38. The van der Waals surface area contributed by atoms with Crippen LogP contribution in [0.25, 0.3) is 15.9 Å². The van der Waals surface area contributed by atoms with Crippen LogP contribution in [-0.4, -0.2) is 49.6 Å². The minimum Gasteiger partial charge on any atom is -0.361 e. The summed E-state index contributed by atoms with van der Waals surface area (Å²) in [6.07, 6.45) is 2.38. The second-order valence-corrected chi connectivity index (χ2v) is 11.2. The standard InChI is InChI=1S/C28H28FN7OS/c1-16-14-36(26-24-22(34(4)28(37)33-26)11-12-23(30-3)32-24)17(2)13-35(16)25(19-7-9-20(29)10-8-19)27-31-21(15-38-27)18-5-6-18/h7-12,15-18,25H,5-6,13-14H2,1-2,4H3/t16-,17+,25?/m1/s1. The molecule has 1 aliphatic carbocycles. The molecule has 4 heterocycles. The van der Waals surface area contributed by atoms with Crippen molar-refractivity contribution in [3.05, 3.63) is 85.8 Å². The van der Waals surface area contributed by atoms with E-state index in [2.05, 4.69) is 43.8 Å². The summed E-state index contributed by atoms with van der Waals surface area (Å²) in [7, 11) is 1.67. The van der Waals surface area contributed by atoms with Crippen molar-refractivity contribution < 1.29 is 4.39 Å². The highest BCUT2D eigenvalue weighted by Gasteiger charge is 2.38. The van der Waals surface area contributed by atoms with Gasteiger partial charge in [-0.05, 0) is 56.5 Å². The lowest BCUT2D eigenvalue weighted by atomic mass is 9.99. The van der Waals surface area contributed by atoms with Crippen LogP contribution in [0, 0.1) is 12.4 Å². The Morgan fingerprint density at radius 2 is 1.82 bits per heavy atom. The summed E-state index contributed by atoms with van der Waals surface area (Å²) in [5, 5.41) is 3.19. The van der Waals surface area contributed by atoms with E-state index in [-0.39, 0.29) is 35.5 Å². The summed E-state index contributed by atoms with van der Waals surface area (Å²) in [5.74, 6) is 1.09. The first-order valence-electron chi connectivity index (χ1n) is 12.8. The van der Waals surface area contributed by atoms with E-state index in [0.717, 1.165) is 16.3 Å². The zero-order valence-electron chi connectivity index (χ0n) is 21.5. The largest absolute Gasteiger partial charge is 0.361 e. The molecule has 0 amide bonds. The predicted octanol–water partition coefficient (Wildman–Crippen LogP) is 5.04. The number of piperazine rings is 1. The molecule has 3 aromatic heterocycles. The van der Waals surface area contributed by atoms with Crippen molar-refractivity contribution in [1.82, 2.24) is 24.4 Å². The second-order valence-electron chi connectivity index (χ2n) is 10.3. The molecular weight excluding hydrogens is 501 g/mol. The molecule has 2 aliphatic rings. The molecule has 10 heteroatoms. The van der Waals surface area contributed by atoms with Gasteiger partial charge in [-0.25, -0.2) is 14.2 Å². The number of hydrogen-bond donors (Lipinski definition) is 0. The van der Waals surface area contributed by atoms with Crippen LogP contribution in [-0.2, 0) is 7.05 Å². The highest BCUT2D eigenvalue weighted by atomic mass is 32.1. The van der Waals surface area contributed by atoms with Gasteiger partial charge < -0.3 is 9.74 Å². The fraction of sp³-hybridized carbons (Fsp3) is 0.393. The van der Waals surface area contributed by atoms with E-state index in [1.165, 1.54) is 29.5 Å². The summed E-state index contributed by atoms with van der Waals surface area (Å²) in [6, 6.07) is 10.1. The molecule has 4 aromatic rings. The van der Waals surface area contributed by atoms with Gasteiger partial charge in [0.2, 0.25) is 5.52 Å². The Bertz CT molecular complexity index is 1600. The number of thiazole rings is 1. The number of rotatable bonds is 5. The molecule has 3 atom stereocenters. The van der Waals surface area contributed by atoms with Crippen molar-refractivity contribution in [2.45, 2.75) is 50.7 Å². The van der Waals surface area contributed by atoms with Crippen molar-refractivity contribution in [2.24, 2.45) is 7.05 Å². The lowest BCUT2D eigenvalue weighted by molar-refractivity contribution is 0.129. The lowest BCUT2D eigenvalue weighted by Crippen LogP contribution is -2.58. The van der Waals surface area contributed by atoms with Crippen LogP contribution in [0.1, 0.15) is 54.9 Å². The van der Waals surface area contributed by atoms with Crippen molar-refractivity contribution in [3.63, 3.8) is 0 Å². The predicted molar refractivity (Wildman–Crippen MR) is 146 cm³/mol. The Morgan fingerprint density at radius 3 is 2.53 bits per heavy atom. The highest BCUT2D eigenvalue weighted by molar-refractivity contribution is 7.09. The Morgan fingerprint density at radius 1 is 1.05 bits per heavy atom. The van der Waals surface area contributed by atoms with Gasteiger partial charge in [-0.3, -0.25) is 9.47 Å². The number of aromatic nitrogens is 4. The number of fused-ring (bicyclic) bond motifs is 1. The Balaban J connectivity index is 1.38. The van der Waals surface area contributed by atoms with Gasteiger partial charge in [0.1, 0.15) is 10.8 Å². The van der Waals surface area contributed by atoms with E-state index < -0.39 is 0 Å². The molecule has 6 rings (SSSR count). The summed E-state index contributed by atoms with van der Waals surface area (Å²) in [4.78, 5) is 34.8. The van der Waals surface area contributed by atoms with Crippen LogP contribution in [0.4, 0.5) is 16.0 Å². The number of pyridine rings is 1. The van der Waals surface area contributed by atoms with Crippen molar-refractivity contribution in [2.75, 3.05) is 18.0 Å². The zero-order valence-corrected chi connectivity index (χ0v) is 22.3. The monoisotopic (exact) mass is 529 g/mol. The molecule has 8 nitrogen and oxygen atoms in total. The number of nitrogens with zero attached hydrogens (tertiary/aromatic N) is 7. The molecule has 0 N–H and O–H groups in total. The topological polar surface area (TPSA) is 71.5 Å². The Hall–Kier alpha value is -3.68. The van der Waals surface area contributed by atoms with E-state index in [9.17, 15) is 9.18 Å². The molecule has 0 radical (unpaired) electrons. The Labute approximate surface area is 224 Å². The number of hydrogen-bond acceptors (Lipinski definition) is 7. The summed E-state index contributed by atoms with van der Waals surface area (Å²) in [6.45, 7) is 13.0. The van der Waals surface area contributed by atoms with Gasteiger partial charge in [-0.2, -0.15) is 4.98 Å². The van der Waals surface area contributed by atoms with E-state index >= 15 is 0 Å². The van der Waals surface area contributed by atoms with Crippen LogP contribution in [0.3, 0.4) is 0 Å². The van der Waals surface area contributed by atoms with Gasteiger partial charge in [0.25, 0.3) is 5.82 Å². The third-order valence-electron chi connectivity index (χ3n) is 7.63. The quantitative estimate of drug-likeness (QED) is 0.337. The Kier molecular flexibility index (Phi) is 6.20. The van der Waals surface area contributed by atoms with Crippen LogP contribution < -0.4 is 10.6 Å². The molecular formula is C28H28FN7OS. The van der Waals surface area contributed by atoms with Gasteiger partial charge in [0.15, 0.2) is 5.82 Å². The molecule has 194 valence electrons. The maximum Gasteiger partial charge on any atom is 0.350 e. The molecule has 0 spiro atoms. The minimum atomic E-state index is -0.355. The van der Waals surface area contributed by atoms with E-state index in [4.69, 9.17) is 11.6 Å². The van der Waals surface area contributed by atoms with Gasteiger partial charge in [0, 0.05) is 43.5 Å². The molecule has 38 heavy (non-hydrogen) atoms.